The number of hydrogen-bond acceptors (Lipinski definition) is 7. The Morgan fingerprint density at radius 1 is 0.786 bits per heavy atom. The van der Waals surface area contributed by atoms with Crippen LogP contribution < -0.4 is 23.8 Å². The first kappa shape index (κ1) is 30.6. The molecule has 0 unspecified atom stereocenters. The third-order valence-corrected chi connectivity index (χ3v) is 9.31. The number of rotatable bonds is 11. The molecular weight excluding hydrogens is 609 g/mol. The quantitative estimate of drug-likeness (QED) is 0.234. The van der Waals surface area contributed by atoms with Crippen molar-refractivity contribution >= 4 is 54.6 Å². The number of benzene rings is 4. The van der Waals surface area contributed by atoms with E-state index in [-0.39, 0.29) is 26.9 Å². The van der Waals surface area contributed by atoms with Crippen molar-refractivity contribution < 1.29 is 35.5 Å². The molecule has 220 valence electrons. The van der Waals surface area contributed by atoms with Gasteiger partial charge in [0.25, 0.3) is 20.0 Å². The Bertz CT molecular complexity index is 1790. The van der Waals surface area contributed by atoms with Gasteiger partial charge in [-0.1, -0.05) is 11.6 Å². The fourth-order valence-corrected chi connectivity index (χ4v) is 6.43. The lowest BCUT2D eigenvalue weighted by molar-refractivity contribution is -0.114. The third kappa shape index (κ3) is 7.11. The van der Waals surface area contributed by atoms with Crippen molar-refractivity contribution in [1.29, 1.82) is 0 Å². The number of ether oxygens (including phenoxy) is 2. The van der Waals surface area contributed by atoms with Crippen LogP contribution in [-0.2, 0) is 24.8 Å². The van der Waals surface area contributed by atoms with E-state index >= 15 is 0 Å². The van der Waals surface area contributed by atoms with E-state index in [1.165, 1.54) is 80.9 Å². The maximum absolute atomic E-state index is 13.7. The van der Waals surface area contributed by atoms with Crippen LogP contribution in [0.5, 0.6) is 11.5 Å². The minimum absolute atomic E-state index is 0.0380. The van der Waals surface area contributed by atoms with Gasteiger partial charge in [-0.05, 0) is 84.9 Å². The highest BCUT2D eigenvalue weighted by atomic mass is 35.5. The standard InChI is InChI=1S/C28H25ClFN3O7S2/c1-39-26-16-15-25(17-27(26)40-2)42(37,38)33(23-11-5-20(30)6-12-23)18-28(34)31-21-9-13-24(14-10-21)41(35,36)32-22-7-3-19(29)4-8-22/h3-17,32H,18H2,1-2H3,(H,31,34). The summed E-state index contributed by atoms with van der Waals surface area (Å²) in [7, 11) is -5.53. The van der Waals surface area contributed by atoms with Gasteiger partial charge >= 0.3 is 0 Å². The molecule has 42 heavy (non-hydrogen) atoms. The van der Waals surface area contributed by atoms with Crippen molar-refractivity contribution in [1.82, 2.24) is 0 Å². The zero-order valence-electron chi connectivity index (χ0n) is 22.2. The van der Waals surface area contributed by atoms with E-state index < -0.39 is 38.3 Å². The van der Waals surface area contributed by atoms with Crippen molar-refractivity contribution in [2.24, 2.45) is 0 Å². The Morgan fingerprint density at radius 3 is 1.95 bits per heavy atom. The minimum atomic E-state index is -4.35. The summed E-state index contributed by atoms with van der Waals surface area (Å²) in [6.45, 7) is -0.680. The summed E-state index contributed by atoms with van der Waals surface area (Å²) in [5, 5.41) is 3.01. The number of carbonyl (C=O) groups is 1. The zero-order chi connectivity index (χ0) is 30.5. The van der Waals surface area contributed by atoms with Crippen molar-refractivity contribution in [3.63, 3.8) is 0 Å². The molecule has 0 radical (unpaired) electrons. The fourth-order valence-electron chi connectivity index (χ4n) is 3.81. The van der Waals surface area contributed by atoms with Crippen LogP contribution in [0.3, 0.4) is 0 Å². The first-order valence-electron chi connectivity index (χ1n) is 12.1. The summed E-state index contributed by atoms with van der Waals surface area (Å²) in [5.74, 6) is -0.871. The van der Waals surface area contributed by atoms with Crippen molar-refractivity contribution in [3.8, 4) is 11.5 Å². The summed E-state index contributed by atoms with van der Waals surface area (Å²) >= 11 is 5.84. The molecule has 4 aromatic rings. The Hall–Kier alpha value is -4.33. The predicted molar refractivity (Wildman–Crippen MR) is 158 cm³/mol. The third-order valence-electron chi connectivity index (χ3n) is 5.89. The van der Waals surface area contributed by atoms with Gasteiger partial charge in [-0.15, -0.1) is 0 Å². The predicted octanol–water partition coefficient (Wildman–Crippen LogP) is 5.13. The van der Waals surface area contributed by atoms with Crippen LogP contribution in [0.2, 0.25) is 5.02 Å². The molecular formula is C28H25ClFN3O7S2. The van der Waals surface area contributed by atoms with E-state index in [1.54, 1.807) is 12.1 Å². The molecule has 0 heterocycles. The van der Waals surface area contributed by atoms with E-state index in [0.29, 0.717) is 16.5 Å². The molecule has 0 bridgehead atoms. The minimum Gasteiger partial charge on any atom is -0.493 e. The number of hydrogen-bond donors (Lipinski definition) is 2. The number of amides is 1. The van der Waals surface area contributed by atoms with E-state index in [2.05, 4.69) is 10.0 Å². The van der Waals surface area contributed by atoms with Crippen LogP contribution in [0, 0.1) is 5.82 Å². The van der Waals surface area contributed by atoms with Crippen LogP contribution >= 0.6 is 11.6 Å². The number of methoxy groups -OCH3 is 2. The smallest absolute Gasteiger partial charge is 0.264 e. The molecule has 4 aromatic carbocycles. The highest BCUT2D eigenvalue weighted by Gasteiger charge is 2.28. The number of nitrogens with zero attached hydrogens (tertiary/aromatic N) is 1. The van der Waals surface area contributed by atoms with Gasteiger partial charge in [-0.25, -0.2) is 21.2 Å². The maximum atomic E-state index is 13.7. The first-order chi connectivity index (χ1) is 19.9. The van der Waals surface area contributed by atoms with Crippen molar-refractivity contribution in [3.05, 3.63) is 102 Å². The van der Waals surface area contributed by atoms with Crippen LogP contribution in [0.1, 0.15) is 0 Å². The SMILES string of the molecule is COc1ccc(S(=O)(=O)N(CC(=O)Nc2ccc(S(=O)(=O)Nc3ccc(Cl)cc3)cc2)c2ccc(F)cc2)cc1OC. The lowest BCUT2D eigenvalue weighted by Crippen LogP contribution is -2.38. The van der Waals surface area contributed by atoms with Gasteiger partial charge in [-0.2, -0.15) is 0 Å². The normalized spacial score (nSPS) is 11.4. The summed E-state index contributed by atoms with van der Waals surface area (Å²) in [6, 6.07) is 19.9. The Morgan fingerprint density at radius 2 is 1.36 bits per heavy atom. The number of sulfonamides is 2. The van der Waals surface area contributed by atoms with Gasteiger partial charge < -0.3 is 14.8 Å². The molecule has 2 N–H and O–H groups in total. The molecule has 0 aliphatic rings. The molecule has 0 spiro atoms. The van der Waals surface area contributed by atoms with Gasteiger partial charge in [0, 0.05) is 22.5 Å². The van der Waals surface area contributed by atoms with E-state index in [0.717, 1.165) is 16.4 Å². The second-order valence-corrected chi connectivity index (χ2v) is 12.7. The van der Waals surface area contributed by atoms with Gasteiger partial charge in [-0.3, -0.25) is 13.8 Å². The molecule has 0 saturated heterocycles. The number of anilines is 3. The highest BCUT2D eigenvalue weighted by molar-refractivity contribution is 7.93. The highest BCUT2D eigenvalue weighted by Crippen LogP contribution is 2.32. The molecule has 0 aliphatic heterocycles. The first-order valence-corrected chi connectivity index (χ1v) is 15.4. The summed E-state index contributed by atoms with van der Waals surface area (Å²) in [5.41, 5.74) is 0.567. The number of halogens is 2. The second-order valence-electron chi connectivity index (χ2n) is 8.69. The van der Waals surface area contributed by atoms with Gasteiger partial charge in [0.2, 0.25) is 5.91 Å². The van der Waals surface area contributed by atoms with Gasteiger partial charge in [0.1, 0.15) is 12.4 Å². The number of nitrogens with one attached hydrogen (secondary N) is 2. The topological polar surface area (TPSA) is 131 Å². The Balaban J connectivity index is 1.55. The maximum Gasteiger partial charge on any atom is 0.264 e. The fraction of sp³-hybridized carbons (Fsp3) is 0.107. The lowest BCUT2D eigenvalue weighted by atomic mass is 10.3. The van der Waals surface area contributed by atoms with Crippen LogP contribution in [0.15, 0.2) is 101 Å². The summed E-state index contributed by atoms with van der Waals surface area (Å²) in [6.07, 6.45) is 0. The molecule has 0 fully saturated rings. The van der Waals surface area contributed by atoms with Crippen LogP contribution in [-0.4, -0.2) is 43.5 Å². The molecule has 0 saturated carbocycles. The molecule has 14 heteroatoms. The molecule has 0 aliphatic carbocycles. The largest absolute Gasteiger partial charge is 0.493 e. The summed E-state index contributed by atoms with van der Waals surface area (Å²) in [4.78, 5) is 12.8. The van der Waals surface area contributed by atoms with Gasteiger partial charge in [0.05, 0.1) is 29.7 Å². The van der Waals surface area contributed by atoms with E-state index in [4.69, 9.17) is 21.1 Å². The molecule has 1 amide bonds. The van der Waals surface area contributed by atoms with Crippen molar-refractivity contribution in [2.45, 2.75) is 9.79 Å². The average molecular weight is 634 g/mol. The average Bonchev–Trinajstić information content (AvgIpc) is 2.97. The zero-order valence-corrected chi connectivity index (χ0v) is 24.6. The Labute approximate surface area is 247 Å². The molecule has 4 rings (SSSR count). The van der Waals surface area contributed by atoms with E-state index in [1.807, 2.05) is 0 Å². The van der Waals surface area contributed by atoms with Gasteiger partial charge in [0.15, 0.2) is 11.5 Å². The molecule has 10 nitrogen and oxygen atoms in total. The Kier molecular flexibility index (Phi) is 9.24. The van der Waals surface area contributed by atoms with E-state index in [9.17, 15) is 26.0 Å². The monoisotopic (exact) mass is 633 g/mol. The molecule has 0 aromatic heterocycles. The van der Waals surface area contributed by atoms with Crippen LogP contribution in [0.4, 0.5) is 21.5 Å². The second kappa shape index (κ2) is 12.7. The van der Waals surface area contributed by atoms with Crippen LogP contribution in [0.25, 0.3) is 0 Å². The molecule has 0 atom stereocenters. The van der Waals surface area contributed by atoms with Crippen molar-refractivity contribution in [2.75, 3.05) is 35.1 Å². The lowest BCUT2D eigenvalue weighted by Gasteiger charge is -2.24. The number of carbonyl (C=O) groups excluding carboxylic acids is 1. The summed E-state index contributed by atoms with van der Waals surface area (Å²) < 4.78 is 80.1.